The molecule has 0 bridgehead atoms. The Hall–Kier alpha value is -2.81. The summed E-state index contributed by atoms with van der Waals surface area (Å²) in [4.78, 5) is 34.6. The van der Waals surface area contributed by atoms with Crippen LogP contribution in [0.2, 0.25) is 0 Å². The summed E-state index contributed by atoms with van der Waals surface area (Å²) in [6, 6.07) is 16.3. The lowest BCUT2D eigenvalue weighted by Crippen LogP contribution is -2.50. The number of nitrogens with zero attached hydrogens (tertiary/aromatic N) is 4. The number of aromatic nitrogens is 1. The van der Waals surface area contributed by atoms with Crippen LogP contribution in [0.25, 0.3) is 10.2 Å². The molecule has 8 heteroatoms. The molecule has 0 N–H and O–H groups in total. The highest BCUT2D eigenvalue weighted by Crippen LogP contribution is 2.31. The first kappa shape index (κ1) is 22.0. The van der Waals surface area contributed by atoms with Gasteiger partial charge in [-0.3, -0.25) is 19.4 Å². The van der Waals surface area contributed by atoms with Gasteiger partial charge >= 0.3 is 0 Å². The molecule has 2 aromatic carbocycles. The van der Waals surface area contributed by atoms with E-state index in [1.54, 1.807) is 11.3 Å². The van der Waals surface area contributed by atoms with Gasteiger partial charge in [0.15, 0.2) is 0 Å². The van der Waals surface area contributed by atoms with Gasteiger partial charge in [-0.1, -0.05) is 35.6 Å². The largest absolute Gasteiger partial charge is 0.431 e. The van der Waals surface area contributed by atoms with E-state index in [-0.39, 0.29) is 11.8 Å². The number of fused-ring (bicyclic) bond motifs is 1. The number of rotatable bonds is 7. The first-order valence-electron chi connectivity index (χ1n) is 11.5. The maximum Gasteiger partial charge on any atom is 0.279 e. The predicted molar refractivity (Wildman–Crippen MR) is 129 cm³/mol. The van der Waals surface area contributed by atoms with Crippen molar-refractivity contribution in [3.05, 3.63) is 54.1 Å². The Labute approximate surface area is 197 Å². The number of hydrogen-bond acceptors (Lipinski definition) is 7. The lowest BCUT2D eigenvalue weighted by atomic mass is 10.1. The molecule has 2 fully saturated rings. The third-order valence-corrected chi connectivity index (χ3v) is 7.23. The van der Waals surface area contributed by atoms with Crippen molar-refractivity contribution in [1.82, 2.24) is 19.7 Å². The van der Waals surface area contributed by atoms with E-state index < -0.39 is 0 Å². The minimum Gasteiger partial charge on any atom is -0.431 e. The van der Waals surface area contributed by atoms with Crippen molar-refractivity contribution in [3.8, 4) is 10.9 Å². The number of benzene rings is 2. The molecular formula is C25H28N4O3S. The summed E-state index contributed by atoms with van der Waals surface area (Å²) in [5.74, 6) is 0.738. The zero-order valence-corrected chi connectivity index (χ0v) is 19.4. The van der Waals surface area contributed by atoms with Gasteiger partial charge in [-0.25, -0.2) is 4.98 Å². The number of carbonyl (C=O) groups excluding carboxylic acids is 2. The Balaban J connectivity index is 1.05. The second kappa shape index (κ2) is 9.99. The van der Waals surface area contributed by atoms with E-state index in [0.717, 1.165) is 61.5 Å². The number of likely N-dealkylation sites (tertiary alicyclic amines) is 1. The van der Waals surface area contributed by atoms with Gasteiger partial charge in [0.25, 0.3) is 5.19 Å². The number of carbonyl (C=O) groups is 2. The molecule has 0 aliphatic carbocycles. The van der Waals surface area contributed by atoms with Crippen molar-refractivity contribution in [2.75, 3.05) is 45.8 Å². The van der Waals surface area contributed by atoms with Crippen LogP contribution in [0.1, 0.15) is 18.4 Å². The van der Waals surface area contributed by atoms with Crippen molar-refractivity contribution < 1.29 is 14.3 Å². The number of piperazine rings is 1. The molecule has 0 spiro atoms. The maximum absolute atomic E-state index is 12.3. The van der Waals surface area contributed by atoms with Crippen LogP contribution < -0.4 is 4.74 Å². The first-order chi connectivity index (χ1) is 16.1. The summed E-state index contributed by atoms with van der Waals surface area (Å²) in [7, 11) is 0. The van der Waals surface area contributed by atoms with Crippen molar-refractivity contribution in [3.63, 3.8) is 0 Å². The molecule has 5 rings (SSSR count). The average molecular weight is 465 g/mol. The fraction of sp³-hybridized carbons (Fsp3) is 0.400. The summed E-state index contributed by atoms with van der Waals surface area (Å²) >= 11 is 1.55. The monoisotopic (exact) mass is 464 g/mol. The number of hydrogen-bond donors (Lipinski definition) is 0. The highest BCUT2D eigenvalue weighted by molar-refractivity contribution is 7.20. The quantitative estimate of drug-likeness (QED) is 0.534. The third-order valence-electron chi connectivity index (χ3n) is 6.32. The molecule has 2 aliphatic heterocycles. The normalized spacial score (nSPS) is 17.7. The predicted octanol–water partition coefficient (Wildman–Crippen LogP) is 3.40. The average Bonchev–Trinajstić information content (AvgIpc) is 3.45. The first-order valence-corrected chi connectivity index (χ1v) is 12.4. The van der Waals surface area contributed by atoms with E-state index in [2.05, 4.69) is 33.0 Å². The smallest absolute Gasteiger partial charge is 0.279 e. The van der Waals surface area contributed by atoms with Gasteiger partial charge in [-0.2, -0.15) is 0 Å². The van der Waals surface area contributed by atoms with E-state index in [9.17, 15) is 9.59 Å². The Kier molecular flexibility index (Phi) is 6.66. The van der Waals surface area contributed by atoms with Crippen LogP contribution in [0.4, 0.5) is 0 Å². The Morgan fingerprint density at radius 3 is 2.45 bits per heavy atom. The van der Waals surface area contributed by atoms with Crippen LogP contribution >= 0.6 is 11.3 Å². The summed E-state index contributed by atoms with van der Waals surface area (Å²) in [5.41, 5.74) is 2.24. The van der Waals surface area contributed by atoms with Crippen LogP contribution in [-0.4, -0.2) is 77.3 Å². The molecule has 7 nitrogen and oxygen atoms in total. The Morgan fingerprint density at radius 2 is 1.73 bits per heavy atom. The van der Waals surface area contributed by atoms with Crippen molar-refractivity contribution in [2.45, 2.75) is 19.3 Å². The van der Waals surface area contributed by atoms with E-state index in [1.807, 2.05) is 30.3 Å². The molecule has 0 saturated carbocycles. The second-order valence-electron chi connectivity index (χ2n) is 8.60. The summed E-state index contributed by atoms with van der Waals surface area (Å²) < 4.78 is 7.06. The summed E-state index contributed by atoms with van der Waals surface area (Å²) in [6.07, 6.45) is 2.28. The lowest BCUT2D eigenvalue weighted by molar-refractivity contribution is -0.142. The second-order valence-corrected chi connectivity index (χ2v) is 9.60. The molecule has 1 aromatic heterocycles. The molecule has 3 aromatic rings. The number of amides is 2. The van der Waals surface area contributed by atoms with Crippen LogP contribution in [0.15, 0.2) is 48.5 Å². The fourth-order valence-corrected chi connectivity index (χ4v) is 5.20. The van der Waals surface area contributed by atoms with Crippen LogP contribution in [0.3, 0.4) is 0 Å². The number of thiazole rings is 1. The molecule has 2 amide bonds. The molecule has 0 radical (unpaired) electrons. The highest BCUT2D eigenvalue weighted by Gasteiger charge is 2.28. The Bertz CT molecular complexity index is 1090. The fourth-order valence-electron chi connectivity index (χ4n) is 4.37. The van der Waals surface area contributed by atoms with Gasteiger partial charge in [0.1, 0.15) is 5.75 Å². The molecule has 2 saturated heterocycles. The van der Waals surface area contributed by atoms with E-state index in [1.165, 1.54) is 10.5 Å². The van der Waals surface area contributed by atoms with E-state index >= 15 is 0 Å². The number of ether oxygens (including phenoxy) is 1. The van der Waals surface area contributed by atoms with Crippen molar-refractivity contribution in [2.24, 2.45) is 0 Å². The molecule has 0 atom stereocenters. The minimum atomic E-state index is -0.0425. The number of para-hydroxylation sites is 1. The van der Waals surface area contributed by atoms with Gasteiger partial charge < -0.3 is 9.64 Å². The van der Waals surface area contributed by atoms with Crippen molar-refractivity contribution >= 4 is 33.4 Å². The zero-order valence-electron chi connectivity index (χ0n) is 18.6. The van der Waals surface area contributed by atoms with Crippen LogP contribution in [0.5, 0.6) is 10.9 Å². The molecule has 0 unspecified atom stereocenters. The molecule has 3 heterocycles. The maximum atomic E-state index is 12.3. The topological polar surface area (TPSA) is 66.0 Å². The standard InChI is InChI=1S/C25H28N4O3S/c30-23-6-3-12-29(23)24(31)18-28-16-14-27(15-17-28)13-11-19-7-9-20(10-8-19)32-25-26-21-4-1-2-5-22(21)33-25/h1-2,4-5,7-10H,3,6,11-18H2. The Morgan fingerprint density at radius 1 is 0.970 bits per heavy atom. The lowest BCUT2D eigenvalue weighted by Gasteiger charge is -2.34. The minimum absolute atomic E-state index is 0.0184. The zero-order chi connectivity index (χ0) is 22.6. The third kappa shape index (κ3) is 5.40. The van der Waals surface area contributed by atoms with Gasteiger partial charge in [-0.15, -0.1) is 0 Å². The van der Waals surface area contributed by atoms with Crippen LogP contribution in [0, 0.1) is 0 Å². The SMILES string of the molecule is O=C1CCCN1C(=O)CN1CCN(CCc2ccc(Oc3nc4ccccc4s3)cc2)CC1. The van der Waals surface area contributed by atoms with E-state index in [4.69, 9.17) is 4.74 Å². The van der Waals surface area contributed by atoms with Gasteiger partial charge in [-0.05, 0) is 42.7 Å². The van der Waals surface area contributed by atoms with Gasteiger partial charge in [0, 0.05) is 45.7 Å². The molecular weight excluding hydrogens is 436 g/mol. The molecule has 2 aliphatic rings. The molecule has 33 heavy (non-hydrogen) atoms. The van der Waals surface area contributed by atoms with E-state index in [0.29, 0.717) is 24.7 Å². The van der Waals surface area contributed by atoms with Crippen LogP contribution in [-0.2, 0) is 16.0 Å². The summed E-state index contributed by atoms with van der Waals surface area (Å²) in [6.45, 7) is 5.55. The van der Waals surface area contributed by atoms with Crippen molar-refractivity contribution in [1.29, 1.82) is 0 Å². The summed E-state index contributed by atoms with van der Waals surface area (Å²) in [5, 5.41) is 0.661. The van der Waals surface area contributed by atoms with Gasteiger partial charge in [0.05, 0.1) is 16.8 Å². The highest BCUT2D eigenvalue weighted by atomic mass is 32.1. The van der Waals surface area contributed by atoms with Gasteiger partial charge in [0.2, 0.25) is 11.8 Å². The molecule has 172 valence electrons. The number of imide groups is 1.